The fourth-order valence-corrected chi connectivity index (χ4v) is 2.94. The molecule has 19 heavy (non-hydrogen) atoms. The number of ether oxygens (including phenoxy) is 1. The van der Waals surface area contributed by atoms with Crippen LogP contribution < -0.4 is 5.32 Å². The molecule has 1 aromatic rings. The molecular formula is C15H24N2O2. The number of hydrogen-bond donors (Lipinski definition) is 1. The quantitative estimate of drug-likeness (QED) is 0.816. The van der Waals surface area contributed by atoms with Crippen molar-refractivity contribution in [1.29, 1.82) is 0 Å². The van der Waals surface area contributed by atoms with E-state index in [-0.39, 0.29) is 0 Å². The van der Waals surface area contributed by atoms with Gasteiger partial charge in [0.15, 0.2) is 0 Å². The molecular weight excluding hydrogens is 240 g/mol. The molecule has 4 nitrogen and oxygen atoms in total. The van der Waals surface area contributed by atoms with Crippen LogP contribution >= 0.6 is 0 Å². The standard InChI is InChI=1S/C15H24N2O2/c1-17(8-13-4-6-18-9-13)11-15(5-7-19-12-15)10-16-14-2-3-14/h4,6,9,14,16H,2-3,5,7-8,10-12H2,1H3. The van der Waals surface area contributed by atoms with Crippen molar-refractivity contribution in [3.63, 3.8) is 0 Å². The summed E-state index contributed by atoms with van der Waals surface area (Å²) in [6.07, 6.45) is 7.44. The zero-order valence-corrected chi connectivity index (χ0v) is 11.7. The van der Waals surface area contributed by atoms with Crippen LogP contribution in [0.5, 0.6) is 0 Å². The van der Waals surface area contributed by atoms with E-state index in [1.54, 1.807) is 6.26 Å². The Morgan fingerprint density at radius 3 is 3.00 bits per heavy atom. The first-order valence-electron chi connectivity index (χ1n) is 7.27. The summed E-state index contributed by atoms with van der Waals surface area (Å²) in [5.41, 5.74) is 1.54. The van der Waals surface area contributed by atoms with Crippen LogP contribution in [0.1, 0.15) is 24.8 Å². The van der Waals surface area contributed by atoms with Crippen molar-refractivity contribution < 1.29 is 9.15 Å². The van der Waals surface area contributed by atoms with Gasteiger partial charge in [-0.3, -0.25) is 0 Å². The zero-order chi connectivity index (χ0) is 13.1. The van der Waals surface area contributed by atoms with Crippen LogP contribution in [0.4, 0.5) is 0 Å². The molecule has 4 heteroatoms. The second kappa shape index (κ2) is 5.65. The van der Waals surface area contributed by atoms with Gasteiger partial charge in [0.1, 0.15) is 0 Å². The molecule has 2 aliphatic rings. The minimum Gasteiger partial charge on any atom is -0.472 e. The molecule has 1 saturated heterocycles. The summed E-state index contributed by atoms with van der Waals surface area (Å²) in [5.74, 6) is 0. The molecule has 0 spiro atoms. The Balaban J connectivity index is 1.53. The van der Waals surface area contributed by atoms with Gasteiger partial charge in [-0.25, -0.2) is 0 Å². The highest BCUT2D eigenvalue weighted by molar-refractivity contribution is 5.05. The minimum absolute atomic E-state index is 0.293. The maximum atomic E-state index is 5.66. The fourth-order valence-electron chi connectivity index (χ4n) is 2.94. The molecule has 1 aliphatic carbocycles. The van der Waals surface area contributed by atoms with Crippen molar-refractivity contribution in [3.8, 4) is 0 Å². The van der Waals surface area contributed by atoms with Gasteiger partial charge in [0.2, 0.25) is 0 Å². The number of furan rings is 1. The third-order valence-corrected chi connectivity index (χ3v) is 4.17. The monoisotopic (exact) mass is 264 g/mol. The predicted molar refractivity (Wildman–Crippen MR) is 73.9 cm³/mol. The van der Waals surface area contributed by atoms with E-state index in [0.717, 1.165) is 38.9 Å². The SMILES string of the molecule is CN(Cc1ccoc1)CC1(CNC2CC2)CCOC1. The Kier molecular flexibility index (Phi) is 3.91. The summed E-state index contributed by atoms with van der Waals surface area (Å²) >= 11 is 0. The van der Waals surface area contributed by atoms with Crippen molar-refractivity contribution >= 4 is 0 Å². The molecule has 3 rings (SSSR count). The topological polar surface area (TPSA) is 37.6 Å². The highest BCUT2D eigenvalue weighted by Gasteiger charge is 2.37. The molecule has 106 valence electrons. The van der Waals surface area contributed by atoms with Gasteiger partial charge in [-0.1, -0.05) is 0 Å². The lowest BCUT2D eigenvalue weighted by atomic mass is 9.86. The van der Waals surface area contributed by atoms with E-state index in [1.807, 2.05) is 12.3 Å². The van der Waals surface area contributed by atoms with Gasteiger partial charge >= 0.3 is 0 Å². The Bertz CT molecular complexity index is 381. The number of rotatable bonds is 7. The van der Waals surface area contributed by atoms with E-state index in [1.165, 1.54) is 24.8 Å². The molecule has 1 aliphatic heterocycles. The van der Waals surface area contributed by atoms with Crippen molar-refractivity contribution in [2.45, 2.75) is 31.8 Å². The summed E-state index contributed by atoms with van der Waals surface area (Å²) in [5, 5.41) is 3.68. The molecule has 2 heterocycles. The van der Waals surface area contributed by atoms with E-state index in [4.69, 9.17) is 9.15 Å². The predicted octanol–water partition coefficient (Wildman–Crippen LogP) is 1.87. The summed E-state index contributed by atoms with van der Waals surface area (Å²) in [4.78, 5) is 2.38. The smallest absolute Gasteiger partial charge is 0.0947 e. The first-order valence-corrected chi connectivity index (χ1v) is 7.27. The van der Waals surface area contributed by atoms with Crippen LogP contribution in [0.15, 0.2) is 23.0 Å². The molecule has 1 atom stereocenters. The third kappa shape index (κ3) is 3.59. The Labute approximate surface area is 115 Å². The Hall–Kier alpha value is -0.840. The second-order valence-electron chi connectivity index (χ2n) is 6.26. The lowest BCUT2D eigenvalue weighted by Gasteiger charge is -2.32. The minimum atomic E-state index is 0.293. The van der Waals surface area contributed by atoms with Gasteiger partial charge in [-0.05, 0) is 32.4 Å². The van der Waals surface area contributed by atoms with Crippen molar-refractivity contribution in [3.05, 3.63) is 24.2 Å². The van der Waals surface area contributed by atoms with E-state index in [9.17, 15) is 0 Å². The third-order valence-electron chi connectivity index (χ3n) is 4.17. The molecule has 0 amide bonds. The van der Waals surface area contributed by atoms with E-state index >= 15 is 0 Å². The maximum Gasteiger partial charge on any atom is 0.0947 e. The van der Waals surface area contributed by atoms with Gasteiger partial charge < -0.3 is 19.4 Å². The zero-order valence-electron chi connectivity index (χ0n) is 11.7. The Morgan fingerprint density at radius 2 is 2.37 bits per heavy atom. The van der Waals surface area contributed by atoms with Crippen LogP contribution in [0.2, 0.25) is 0 Å². The van der Waals surface area contributed by atoms with Crippen molar-refractivity contribution in [1.82, 2.24) is 10.2 Å². The van der Waals surface area contributed by atoms with Gasteiger partial charge in [0.05, 0.1) is 19.1 Å². The first-order chi connectivity index (χ1) is 9.26. The number of nitrogens with one attached hydrogen (secondary N) is 1. The molecule has 1 unspecified atom stereocenters. The van der Waals surface area contributed by atoms with E-state index in [0.29, 0.717) is 5.41 Å². The van der Waals surface area contributed by atoms with Gasteiger partial charge in [-0.2, -0.15) is 0 Å². The summed E-state index contributed by atoms with van der Waals surface area (Å²) < 4.78 is 10.8. The second-order valence-corrected chi connectivity index (χ2v) is 6.26. The van der Waals surface area contributed by atoms with E-state index in [2.05, 4.69) is 17.3 Å². The van der Waals surface area contributed by atoms with Crippen LogP contribution in [0.25, 0.3) is 0 Å². The lowest BCUT2D eigenvalue weighted by molar-refractivity contribution is 0.116. The molecule has 1 N–H and O–H groups in total. The first kappa shape index (κ1) is 13.2. The number of hydrogen-bond acceptors (Lipinski definition) is 4. The maximum absolute atomic E-state index is 5.66. The van der Waals surface area contributed by atoms with Crippen LogP contribution in [-0.4, -0.2) is 44.3 Å². The van der Waals surface area contributed by atoms with Crippen molar-refractivity contribution in [2.24, 2.45) is 5.41 Å². The summed E-state index contributed by atoms with van der Waals surface area (Å²) in [6.45, 7) is 4.92. The van der Waals surface area contributed by atoms with Crippen LogP contribution in [0, 0.1) is 5.41 Å². The van der Waals surface area contributed by atoms with Crippen LogP contribution in [0.3, 0.4) is 0 Å². The molecule has 1 saturated carbocycles. The van der Waals surface area contributed by atoms with Gasteiger partial charge in [-0.15, -0.1) is 0 Å². The highest BCUT2D eigenvalue weighted by Crippen LogP contribution is 2.31. The molecule has 0 aromatic carbocycles. The van der Waals surface area contributed by atoms with Crippen LogP contribution in [-0.2, 0) is 11.3 Å². The van der Waals surface area contributed by atoms with Gasteiger partial charge in [0.25, 0.3) is 0 Å². The lowest BCUT2D eigenvalue weighted by Crippen LogP contribution is -2.44. The fraction of sp³-hybridized carbons (Fsp3) is 0.733. The summed E-state index contributed by atoms with van der Waals surface area (Å²) in [6, 6.07) is 2.81. The molecule has 0 radical (unpaired) electrons. The average molecular weight is 264 g/mol. The normalized spacial score (nSPS) is 27.3. The summed E-state index contributed by atoms with van der Waals surface area (Å²) in [7, 11) is 2.18. The molecule has 0 bridgehead atoms. The van der Waals surface area contributed by atoms with Crippen molar-refractivity contribution in [2.75, 3.05) is 33.4 Å². The molecule has 1 aromatic heterocycles. The average Bonchev–Trinajstić information content (AvgIpc) is 2.87. The number of nitrogens with zero attached hydrogens (tertiary/aromatic N) is 1. The van der Waals surface area contributed by atoms with E-state index < -0.39 is 0 Å². The largest absolute Gasteiger partial charge is 0.472 e. The Morgan fingerprint density at radius 1 is 1.47 bits per heavy atom. The highest BCUT2D eigenvalue weighted by atomic mass is 16.5. The molecule has 2 fully saturated rings. The van der Waals surface area contributed by atoms with Gasteiger partial charge in [0, 0.05) is 43.3 Å².